The van der Waals surface area contributed by atoms with Crippen molar-refractivity contribution in [3.8, 4) is 0 Å². The Morgan fingerprint density at radius 2 is 2.29 bits per heavy atom. The van der Waals surface area contributed by atoms with Crippen LogP contribution in [0.5, 0.6) is 0 Å². The van der Waals surface area contributed by atoms with Gasteiger partial charge in [-0.3, -0.25) is 0 Å². The van der Waals surface area contributed by atoms with Crippen LogP contribution in [-0.2, 0) is 21.4 Å². The fraction of sp³-hybridized carbons (Fsp3) is 0.600. The summed E-state index contributed by atoms with van der Waals surface area (Å²) in [4.78, 5) is 2.81. The Hall–Kier alpha value is -0.890. The van der Waals surface area contributed by atoms with Gasteiger partial charge in [0.05, 0.1) is 11.5 Å². The van der Waals surface area contributed by atoms with Gasteiger partial charge in [-0.2, -0.15) is 0 Å². The molecule has 0 amide bonds. The second-order valence-electron chi connectivity index (χ2n) is 3.93. The Bertz CT molecular complexity index is 441. The summed E-state index contributed by atoms with van der Waals surface area (Å²) in [6.45, 7) is 2.49. The molecule has 98 valence electrons. The van der Waals surface area contributed by atoms with Crippen molar-refractivity contribution < 1.29 is 18.3 Å². The van der Waals surface area contributed by atoms with Crippen LogP contribution < -0.4 is 4.72 Å². The lowest BCUT2D eigenvalue weighted by molar-refractivity contribution is 0.161. The second kappa shape index (κ2) is 6.15. The lowest BCUT2D eigenvalue weighted by Gasteiger charge is -2.11. The number of nitrogens with one attached hydrogen (secondary N) is 2. The Morgan fingerprint density at radius 3 is 2.82 bits per heavy atom. The highest BCUT2D eigenvalue weighted by Gasteiger charge is 2.16. The van der Waals surface area contributed by atoms with Gasteiger partial charge in [-0.1, -0.05) is 6.92 Å². The lowest BCUT2D eigenvalue weighted by atomic mass is 10.2. The van der Waals surface area contributed by atoms with Crippen molar-refractivity contribution in [2.75, 3.05) is 20.3 Å². The molecule has 0 saturated heterocycles. The van der Waals surface area contributed by atoms with Crippen LogP contribution in [0.4, 0.5) is 0 Å². The molecule has 0 radical (unpaired) electrons. The number of sulfonamides is 1. The zero-order valence-corrected chi connectivity index (χ0v) is 10.8. The van der Waals surface area contributed by atoms with Gasteiger partial charge in [0.15, 0.2) is 0 Å². The van der Waals surface area contributed by atoms with E-state index >= 15 is 0 Å². The number of hydrogen-bond acceptors (Lipinski definition) is 4. The highest BCUT2D eigenvalue weighted by atomic mass is 32.2. The molecule has 7 heteroatoms. The molecule has 0 bridgehead atoms. The third-order valence-corrected chi connectivity index (χ3v) is 3.67. The molecule has 17 heavy (non-hydrogen) atoms. The molecule has 6 nitrogen and oxygen atoms in total. The molecule has 0 saturated carbocycles. The van der Waals surface area contributed by atoms with E-state index in [1.54, 1.807) is 7.11 Å². The van der Waals surface area contributed by atoms with Crippen LogP contribution in [0.15, 0.2) is 17.2 Å². The minimum absolute atomic E-state index is 0.103. The molecule has 3 N–H and O–H groups in total. The number of ether oxygens (including phenoxy) is 1. The number of rotatable bonds is 7. The minimum atomic E-state index is -3.51. The summed E-state index contributed by atoms with van der Waals surface area (Å²) in [6.07, 6.45) is 1.36. The number of methoxy groups -OCH3 is 1. The van der Waals surface area contributed by atoms with Crippen LogP contribution >= 0.6 is 0 Å². The third kappa shape index (κ3) is 4.12. The first-order chi connectivity index (χ1) is 7.99. The zero-order chi connectivity index (χ0) is 12.9. The first kappa shape index (κ1) is 14.2. The number of hydrogen-bond donors (Lipinski definition) is 3. The molecule has 1 heterocycles. The molecule has 1 aromatic heterocycles. The van der Waals surface area contributed by atoms with Crippen molar-refractivity contribution >= 4 is 10.0 Å². The zero-order valence-electron chi connectivity index (χ0n) is 9.93. The summed E-state index contributed by atoms with van der Waals surface area (Å²) in [6, 6.07) is 1.41. The van der Waals surface area contributed by atoms with E-state index in [-0.39, 0.29) is 17.4 Å². The summed E-state index contributed by atoms with van der Waals surface area (Å²) in [5.74, 6) is 0.103. The van der Waals surface area contributed by atoms with Gasteiger partial charge in [0.1, 0.15) is 0 Å². The van der Waals surface area contributed by atoms with E-state index in [4.69, 9.17) is 9.84 Å². The maximum Gasteiger partial charge on any atom is 0.242 e. The first-order valence-corrected chi connectivity index (χ1v) is 6.74. The van der Waals surface area contributed by atoms with E-state index in [1.807, 2.05) is 6.92 Å². The highest BCUT2D eigenvalue weighted by Crippen LogP contribution is 2.10. The Morgan fingerprint density at radius 1 is 1.59 bits per heavy atom. The largest absolute Gasteiger partial charge is 0.390 e. The molecule has 0 aromatic carbocycles. The third-order valence-electron chi connectivity index (χ3n) is 2.27. The van der Waals surface area contributed by atoms with E-state index in [0.717, 1.165) is 0 Å². The highest BCUT2D eigenvalue weighted by molar-refractivity contribution is 7.89. The smallest absolute Gasteiger partial charge is 0.242 e. The minimum Gasteiger partial charge on any atom is -0.390 e. The molecule has 0 spiro atoms. The van der Waals surface area contributed by atoms with Crippen LogP contribution in [0.1, 0.15) is 12.6 Å². The summed E-state index contributed by atoms with van der Waals surface area (Å²) in [7, 11) is -1.94. The molecular weight excluding hydrogens is 244 g/mol. The van der Waals surface area contributed by atoms with Gasteiger partial charge >= 0.3 is 0 Å². The van der Waals surface area contributed by atoms with E-state index < -0.39 is 10.0 Å². The summed E-state index contributed by atoms with van der Waals surface area (Å²) in [5.41, 5.74) is 0.468. The molecule has 1 atom stereocenters. The standard InChI is InChI=1S/C10H18N2O4S/c1-8(7-16-2)4-12-17(14,15)10-3-9(6-13)11-5-10/h3,5,8,11-13H,4,6-7H2,1-2H3. The van der Waals surface area contributed by atoms with Crippen molar-refractivity contribution in [3.63, 3.8) is 0 Å². The Kier molecular flexibility index (Phi) is 5.13. The summed E-state index contributed by atoms with van der Waals surface area (Å²) in [5, 5.41) is 8.84. The number of aromatic amines is 1. The van der Waals surface area contributed by atoms with E-state index in [2.05, 4.69) is 9.71 Å². The van der Waals surface area contributed by atoms with Gasteiger partial charge in [0.2, 0.25) is 10.0 Å². The Balaban J connectivity index is 2.62. The fourth-order valence-corrected chi connectivity index (χ4v) is 2.53. The number of aromatic nitrogens is 1. The average molecular weight is 262 g/mol. The van der Waals surface area contributed by atoms with Gasteiger partial charge in [0.25, 0.3) is 0 Å². The number of aliphatic hydroxyl groups excluding tert-OH is 1. The molecule has 1 aromatic rings. The fourth-order valence-electron chi connectivity index (χ4n) is 1.34. The van der Waals surface area contributed by atoms with Crippen LogP contribution in [-0.4, -0.2) is 38.8 Å². The lowest BCUT2D eigenvalue weighted by Crippen LogP contribution is -2.29. The summed E-state index contributed by atoms with van der Waals surface area (Å²) >= 11 is 0. The Labute approximate surface area is 101 Å². The van der Waals surface area contributed by atoms with Crippen LogP contribution in [0.2, 0.25) is 0 Å². The van der Waals surface area contributed by atoms with Gasteiger partial charge < -0.3 is 14.8 Å². The van der Waals surface area contributed by atoms with E-state index in [0.29, 0.717) is 18.8 Å². The van der Waals surface area contributed by atoms with Gasteiger partial charge in [-0.25, -0.2) is 13.1 Å². The average Bonchev–Trinajstić information content (AvgIpc) is 2.76. The van der Waals surface area contributed by atoms with Gasteiger partial charge in [0, 0.05) is 32.2 Å². The number of H-pyrrole nitrogens is 1. The predicted octanol–water partition coefficient (Wildman–Crippen LogP) is 0.0678. The van der Waals surface area contributed by atoms with E-state index in [1.165, 1.54) is 12.3 Å². The van der Waals surface area contributed by atoms with Crippen LogP contribution in [0, 0.1) is 5.92 Å². The maximum atomic E-state index is 11.8. The topological polar surface area (TPSA) is 91.4 Å². The molecule has 0 fully saturated rings. The SMILES string of the molecule is COCC(C)CNS(=O)(=O)c1c[nH]c(CO)c1. The monoisotopic (exact) mass is 262 g/mol. The van der Waals surface area contributed by atoms with Crippen molar-refractivity contribution in [2.24, 2.45) is 5.92 Å². The van der Waals surface area contributed by atoms with E-state index in [9.17, 15) is 8.42 Å². The van der Waals surface area contributed by atoms with Crippen LogP contribution in [0.25, 0.3) is 0 Å². The van der Waals surface area contributed by atoms with Crippen LogP contribution in [0.3, 0.4) is 0 Å². The van der Waals surface area contributed by atoms with Crippen molar-refractivity contribution in [3.05, 3.63) is 18.0 Å². The quantitative estimate of drug-likeness (QED) is 0.648. The molecular formula is C10H18N2O4S. The molecule has 0 aliphatic rings. The van der Waals surface area contributed by atoms with Gasteiger partial charge in [-0.05, 0) is 12.0 Å². The maximum absolute atomic E-state index is 11.8. The molecule has 1 unspecified atom stereocenters. The van der Waals surface area contributed by atoms with Gasteiger partial charge in [-0.15, -0.1) is 0 Å². The predicted molar refractivity (Wildman–Crippen MR) is 62.9 cm³/mol. The number of aliphatic hydroxyl groups is 1. The normalized spacial score (nSPS) is 13.8. The first-order valence-electron chi connectivity index (χ1n) is 5.26. The van der Waals surface area contributed by atoms with Crippen molar-refractivity contribution in [1.82, 2.24) is 9.71 Å². The molecule has 0 aliphatic carbocycles. The molecule has 0 aliphatic heterocycles. The second-order valence-corrected chi connectivity index (χ2v) is 5.70. The summed E-state index contributed by atoms with van der Waals surface area (Å²) < 4.78 is 31.0. The van der Waals surface area contributed by atoms with Crippen molar-refractivity contribution in [1.29, 1.82) is 0 Å². The molecule has 1 rings (SSSR count). The van der Waals surface area contributed by atoms with Crippen molar-refractivity contribution in [2.45, 2.75) is 18.4 Å².